The first kappa shape index (κ1) is 16.2. The topological polar surface area (TPSA) is 50.7 Å². The van der Waals surface area contributed by atoms with Gasteiger partial charge in [0.25, 0.3) is 5.91 Å². The summed E-state index contributed by atoms with van der Waals surface area (Å²) in [6.07, 6.45) is 1.70. The van der Waals surface area contributed by atoms with Crippen molar-refractivity contribution in [2.45, 2.75) is 46.1 Å². The third-order valence-electron chi connectivity index (χ3n) is 3.03. The maximum absolute atomic E-state index is 12.2. The fourth-order valence-electron chi connectivity index (χ4n) is 1.38. The number of carbonyl (C=O) groups excluding carboxylic acids is 1. The molecule has 4 heteroatoms. The largest absolute Gasteiger partial charge is 0.389 e. The van der Waals surface area contributed by atoms with Gasteiger partial charge in [-0.25, -0.2) is 0 Å². The first-order chi connectivity index (χ1) is 9.50. The Labute approximate surface area is 121 Å². The van der Waals surface area contributed by atoms with Crippen LogP contribution in [-0.4, -0.2) is 23.8 Å². The molecule has 0 saturated carbocycles. The summed E-state index contributed by atoms with van der Waals surface area (Å²) in [5, 5.41) is 6.93. The van der Waals surface area contributed by atoms with Crippen molar-refractivity contribution in [1.29, 1.82) is 0 Å². The average molecular weight is 276 g/mol. The van der Waals surface area contributed by atoms with Gasteiger partial charge in [0, 0.05) is 12.1 Å². The normalized spacial score (nSPS) is 12.1. The molecule has 0 aromatic heterocycles. The Morgan fingerprint density at radius 1 is 1.25 bits per heavy atom. The van der Waals surface area contributed by atoms with Crippen molar-refractivity contribution < 1.29 is 9.63 Å². The summed E-state index contributed by atoms with van der Waals surface area (Å²) in [6.45, 7) is 8.55. The number of rotatable bonds is 7. The molecule has 1 amide bonds. The minimum atomic E-state index is -0.384. The minimum absolute atomic E-state index is 0.204. The highest BCUT2D eigenvalue weighted by Gasteiger charge is 2.19. The second-order valence-electron chi connectivity index (χ2n) is 5.27. The standard InChI is InChI=1S/C16H24N2O2/c1-5-12-17-15(19)14(13-10-8-7-9-11-13)18-20-16(3,4)6-2/h7-11H,5-6,12H2,1-4H3,(H,17,19). The van der Waals surface area contributed by atoms with E-state index in [1.807, 2.05) is 58.0 Å². The summed E-state index contributed by atoms with van der Waals surface area (Å²) in [7, 11) is 0. The number of nitrogens with one attached hydrogen (secondary N) is 1. The summed E-state index contributed by atoms with van der Waals surface area (Å²) < 4.78 is 0. The van der Waals surface area contributed by atoms with E-state index < -0.39 is 0 Å². The highest BCUT2D eigenvalue weighted by molar-refractivity contribution is 6.45. The van der Waals surface area contributed by atoms with Crippen LogP contribution in [-0.2, 0) is 9.63 Å². The van der Waals surface area contributed by atoms with Crippen LogP contribution >= 0.6 is 0 Å². The molecule has 1 aromatic carbocycles. The van der Waals surface area contributed by atoms with E-state index in [4.69, 9.17) is 4.84 Å². The summed E-state index contributed by atoms with van der Waals surface area (Å²) in [5.41, 5.74) is 0.694. The molecule has 0 atom stereocenters. The monoisotopic (exact) mass is 276 g/mol. The van der Waals surface area contributed by atoms with E-state index in [-0.39, 0.29) is 11.5 Å². The molecule has 0 spiro atoms. The van der Waals surface area contributed by atoms with Crippen LogP contribution in [0.25, 0.3) is 0 Å². The van der Waals surface area contributed by atoms with Crippen molar-refractivity contribution in [3.63, 3.8) is 0 Å². The van der Waals surface area contributed by atoms with Crippen LogP contribution < -0.4 is 5.32 Å². The molecule has 0 aliphatic heterocycles. The molecule has 110 valence electrons. The molecule has 0 aliphatic rings. The van der Waals surface area contributed by atoms with Crippen molar-refractivity contribution >= 4 is 11.6 Å². The second-order valence-corrected chi connectivity index (χ2v) is 5.27. The molecular weight excluding hydrogens is 252 g/mol. The van der Waals surface area contributed by atoms with Crippen LogP contribution in [0.2, 0.25) is 0 Å². The molecule has 1 N–H and O–H groups in total. The van der Waals surface area contributed by atoms with Crippen molar-refractivity contribution in [2.75, 3.05) is 6.54 Å². The van der Waals surface area contributed by atoms with E-state index in [9.17, 15) is 4.79 Å². The predicted molar refractivity (Wildman–Crippen MR) is 81.7 cm³/mol. The number of hydrogen-bond acceptors (Lipinski definition) is 3. The Morgan fingerprint density at radius 2 is 1.90 bits per heavy atom. The van der Waals surface area contributed by atoms with Gasteiger partial charge in [-0.05, 0) is 26.7 Å². The Bertz CT molecular complexity index is 453. The van der Waals surface area contributed by atoms with E-state index in [0.29, 0.717) is 12.3 Å². The quantitative estimate of drug-likeness (QED) is 0.614. The van der Waals surface area contributed by atoms with Gasteiger partial charge in [-0.3, -0.25) is 4.79 Å². The van der Waals surface area contributed by atoms with Gasteiger partial charge in [-0.15, -0.1) is 0 Å². The first-order valence-corrected chi connectivity index (χ1v) is 7.10. The van der Waals surface area contributed by atoms with Gasteiger partial charge in [0.1, 0.15) is 5.60 Å². The SMILES string of the molecule is CCCNC(=O)C(=NOC(C)(C)CC)c1ccccc1. The lowest BCUT2D eigenvalue weighted by atomic mass is 10.1. The number of benzene rings is 1. The molecule has 0 radical (unpaired) electrons. The van der Waals surface area contributed by atoms with E-state index in [2.05, 4.69) is 10.5 Å². The molecule has 1 rings (SSSR count). The number of hydrogen-bond donors (Lipinski definition) is 1. The first-order valence-electron chi connectivity index (χ1n) is 7.10. The summed E-state index contributed by atoms with van der Waals surface area (Å²) in [4.78, 5) is 17.7. The fourth-order valence-corrected chi connectivity index (χ4v) is 1.38. The van der Waals surface area contributed by atoms with E-state index >= 15 is 0 Å². The second kappa shape index (κ2) is 7.68. The van der Waals surface area contributed by atoms with Crippen molar-refractivity contribution in [2.24, 2.45) is 5.16 Å². The summed E-state index contributed by atoms with van der Waals surface area (Å²) in [5.74, 6) is -0.204. The highest BCUT2D eigenvalue weighted by Crippen LogP contribution is 2.15. The Morgan fingerprint density at radius 3 is 2.45 bits per heavy atom. The lowest BCUT2D eigenvalue weighted by Gasteiger charge is -2.20. The van der Waals surface area contributed by atoms with E-state index in [0.717, 1.165) is 18.4 Å². The lowest BCUT2D eigenvalue weighted by Crippen LogP contribution is -2.33. The van der Waals surface area contributed by atoms with E-state index in [1.54, 1.807) is 0 Å². The van der Waals surface area contributed by atoms with Crippen molar-refractivity contribution in [1.82, 2.24) is 5.32 Å². The third kappa shape index (κ3) is 5.03. The molecule has 20 heavy (non-hydrogen) atoms. The van der Waals surface area contributed by atoms with Crippen LogP contribution in [0.1, 0.15) is 46.1 Å². The summed E-state index contributed by atoms with van der Waals surface area (Å²) >= 11 is 0. The number of oxime groups is 1. The van der Waals surface area contributed by atoms with Crippen LogP contribution in [0.15, 0.2) is 35.5 Å². The van der Waals surface area contributed by atoms with Crippen molar-refractivity contribution in [3.05, 3.63) is 35.9 Å². The zero-order valence-electron chi connectivity index (χ0n) is 12.8. The van der Waals surface area contributed by atoms with Gasteiger partial charge in [0.2, 0.25) is 0 Å². The maximum Gasteiger partial charge on any atom is 0.273 e. The average Bonchev–Trinajstić information content (AvgIpc) is 2.46. The van der Waals surface area contributed by atoms with Crippen molar-refractivity contribution in [3.8, 4) is 0 Å². The molecule has 1 aromatic rings. The molecular formula is C16H24N2O2. The molecule has 0 unspecified atom stereocenters. The maximum atomic E-state index is 12.2. The van der Waals surface area contributed by atoms with Gasteiger partial charge in [-0.2, -0.15) is 0 Å². The third-order valence-corrected chi connectivity index (χ3v) is 3.03. The Balaban J connectivity index is 2.96. The Kier molecular flexibility index (Phi) is 6.22. The highest BCUT2D eigenvalue weighted by atomic mass is 16.6. The van der Waals surface area contributed by atoms with Gasteiger partial charge < -0.3 is 10.2 Å². The smallest absolute Gasteiger partial charge is 0.273 e. The molecule has 0 heterocycles. The van der Waals surface area contributed by atoms with Crippen LogP contribution in [0.4, 0.5) is 0 Å². The van der Waals surface area contributed by atoms with E-state index in [1.165, 1.54) is 0 Å². The zero-order valence-corrected chi connectivity index (χ0v) is 12.8. The van der Waals surface area contributed by atoms with Crippen LogP contribution in [0.3, 0.4) is 0 Å². The molecule has 0 bridgehead atoms. The van der Waals surface area contributed by atoms with Crippen LogP contribution in [0.5, 0.6) is 0 Å². The van der Waals surface area contributed by atoms with Gasteiger partial charge in [0.05, 0.1) is 0 Å². The molecule has 0 saturated heterocycles. The number of nitrogens with zero attached hydrogens (tertiary/aromatic N) is 1. The number of carbonyl (C=O) groups is 1. The van der Waals surface area contributed by atoms with Gasteiger partial charge >= 0.3 is 0 Å². The molecule has 0 aliphatic carbocycles. The fraction of sp³-hybridized carbons (Fsp3) is 0.500. The molecule has 4 nitrogen and oxygen atoms in total. The minimum Gasteiger partial charge on any atom is -0.389 e. The van der Waals surface area contributed by atoms with Crippen LogP contribution in [0, 0.1) is 0 Å². The zero-order chi connectivity index (χ0) is 15.0. The Hall–Kier alpha value is -1.84. The summed E-state index contributed by atoms with van der Waals surface area (Å²) in [6, 6.07) is 9.37. The number of amides is 1. The van der Waals surface area contributed by atoms with Gasteiger partial charge in [0.15, 0.2) is 5.71 Å². The lowest BCUT2D eigenvalue weighted by molar-refractivity contribution is -0.115. The molecule has 0 fully saturated rings. The predicted octanol–water partition coefficient (Wildman–Crippen LogP) is 3.12. The van der Waals surface area contributed by atoms with Gasteiger partial charge in [-0.1, -0.05) is 49.3 Å².